The molecular formula is C12H19N3O2. The fraction of sp³-hybridized carbons (Fsp3) is 0.583. The van der Waals surface area contributed by atoms with Crippen molar-refractivity contribution in [1.29, 1.82) is 0 Å². The lowest BCUT2D eigenvalue weighted by atomic mass is 10.2. The number of carbonyl (C=O) groups excluding carboxylic acids is 1. The van der Waals surface area contributed by atoms with Crippen molar-refractivity contribution in [2.24, 2.45) is 0 Å². The number of rotatable bonds is 6. The SMILES string of the molecule is CCCCCN(C)c1cncc(C(=O)OC)n1. The molecule has 0 spiro atoms. The minimum atomic E-state index is -0.457. The molecule has 0 fully saturated rings. The van der Waals surface area contributed by atoms with Gasteiger partial charge >= 0.3 is 5.97 Å². The molecular weight excluding hydrogens is 218 g/mol. The molecule has 0 aliphatic rings. The largest absolute Gasteiger partial charge is 0.464 e. The van der Waals surface area contributed by atoms with Gasteiger partial charge in [-0.15, -0.1) is 0 Å². The molecule has 17 heavy (non-hydrogen) atoms. The Morgan fingerprint density at radius 2 is 2.18 bits per heavy atom. The van der Waals surface area contributed by atoms with E-state index in [1.807, 2.05) is 11.9 Å². The summed E-state index contributed by atoms with van der Waals surface area (Å²) >= 11 is 0. The topological polar surface area (TPSA) is 55.3 Å². The first kappa shape index (κ1) is 13.4. The lowest BCUT2D eigenvalue weighted by Crippen LogP contribution is -2.21. The van der Waals surface area contributed by atoms with Crippen molar-refractivity contribution >= 4 is 11.8 Å². The number of hydrogen-bond acceptors (Lipinski definition) is 5. The van der Waals surface area contributed by atoms with Crippen molar-refractivity contribution < 1.29 is 9.53 Å². The number of ether oxygens (including phenoxy) is 1. The summed E-state index contributed by atoms with van der Waals surface area (Å²) in [5.41, 5.74) is 0.243. The number of aromatic nitrogens is 2. The third kappa shape index (κ3) is 4.01. The van der Waals surface area contributed by atoms with Crippen LogP contribution < -0.4 is 4.90 Å². The zero-order chi connectivity index (χ0) is 12.7. The van der Waals surface area contributed by atoms with Crippen LogP contribution in [0.15, 0.2) is 12.4 Å². The predicted octanol–water partition coefficient (Wildman–Crippen LogP) is 1.89. The minimum Gasteiger partial charge on any atom is -0.464 e. The number of nitrogens with zero attached hydrogens (tertiary/aromatic N) is 3. The van der Waals surface area contributed by atoms with Crippen molar-refractivity contribution in [3.05, 3.63) is 18.1 Å². The molecule has 5 heteroatoms. The van der Waals surface area contributed by atoms with Crippen LogP contribution in [0.3, 0.4) is 0 Å². The molecule has 1 heterocycles. The zero-order valence-electron chi connectivity index (χ0n) is 10.6. The molecule has 0 aliphatic carbocycles. The Bertz CT molecular complexity index is 369. The second-order valence-corrected chi connectivity index (χ2v) is 3.88. The van der Waals surface area contributed by atoms with Crippen LogP contribution in [0.2, 0.25) is 0 Å². The van der Waals surface area contributed by atoms with Gasteiger partial charge in [0, 0.05) is 13.6 Å². The maximum atomic E-state index is 11.3. The van der Waals surface area contributed by atoms with Crippen molar-refractivity contribution in [3.63, 3.8) is 0 Å². The molecule has 94 valence electrons. The number of anilines is 1. The minimum absolute atomic E-state index is 0.243. The summed E-state index contributed by atoms with van der Waals surface area (Å²) in [6.45, 7) is 3.07. The van der Waals surface area contributed by atoms with Crippen LogP contribution in [0.4, 0.5) is 5.82 Å². The molecule has 0 aromatic carbocycles. The van der Waals surface area contributed by atoms with Crippen LogP contribution in [0.5, 0.6) is 0 Å². The summed E-state index contributed by atoms with van der Waals surface area (Å²) in [4.78, 5) is 21.5. The summed E-state index contributed by atoms with van der Waals surface area (Å²) in [6.07, 6.45) is 6.54. The van der Waals surface area contributed by atoms with Crippen LogP contribution in [0, 0.1) is 0 Å². The Kier molecular flexibility index (Phi) is 5.39. The predicted molar refractivity (Wildman–Crippen MR) is 66.2 cm³/mol. The van der Waals surface area contributed by atoms with Crippen molar-refractivity contribution in [1.82, 2.24) is 9.97 Å². The van der Waals surface area contributed by atoms with Gasteiger partial charge < -0.3 is 9.64 Å². The van der Waals surface area contributed by atoms with E-state index in [9.17, 15) is 4.79 Å². The van der Waals surface area contributed by atoms with E-state index in [1.54, 1.807) is 6.20 Å². The van der Waals surface area contributed by atoms with Crippen molar-refractivity contribution in [3.8, 4) is 0 Å². The fourth-order valence-electron chi connectivity index (χ4n) is 1.46. The number of methoxy groups -OCH3 is 1. The summed E-state index contributed by atoms with van der Waals surface area (Å²) in [6, 6.07) is 0. The van der Waals surface area contributed by atoms with Gasteiger partial charge in [-0.2, -0.15) is 0 Å². The maximum Gasteiger partial charge on any atom is 0.358 e. The van der Waals surface area contributed by atoms with E-state index in [4.69, 9.17) is 0 Å². The van der Waals surface area contributed by atoms with Gasteiger partial charge in [-0.05, 0) is 6.42 Å². The summed E-state index contributed by atoms with van der Waals surface area (Å²) in [5.74, 6) is 0.241. The highest BCUT2D eigenvalue weighted by atomic mass is 16.5. The molecule has 0 bridgehead atoms. The van der Waals surface area contributed by atoms with Crippen LogP contribution in [0.1, 0.15) is 36.7 Å². The Labute approximate surface area is 102 Å². The van der Waals surface area contributed by atoms with E-state index < -0.39 is 5.97 Å². The van der Waals surface area contributed by atoms with Gasteiger partial charge in [0.1, 0.15) is 5.82 Å². The number of hydrogen-bond donors (Lipinski definition) is 0. The molecule has 0 atom stereocenters. The van der Waals surface area contributed by atoms with Crippen LogP contribution >= 0.6 is 0 Å². The average Bonchev–Trinajstić information content (AvgIpc) is 2.38. The standard InChI is InChI=1S/C12H19N3O2/c1-4-5-6-7-15(2)11-9-13-8-10(14-11)12(16)17-3/h8-9H,4-7H2,1-3H3. The first-order chi connectivity index (χ1) is 8.19. The molecule has 0 aliphatic heterocycles. The van der Waals surface area contributed by atoms with Gasteiger partial charge in [0.25, 0.3) is 0 Å². The normalized spacial score (nSPS) is 10.1. The first-order valence-electron chi connectivity index (χ1n) is 5.80. The third-order valence-electron chi connectivity index (χ3n) is 2.50. The van der Waals surface area contributed by atoms with E-state index in [-0.39, 0.29) is 5.69 Å². The van der Waals surface area contributed by atoms with E-state index in [1.165, 1.54) is 26.1 Å². The molecule has 0 N–H and O–H groups in total. The summed E-state index contributed by atoms with van der Waals surface area (Å²) < 4.78 is 4.61. The lowest BCUT2D eigenvalue weighted by Gasteiger charge is -2.17. The highest BCUT2D eigenvalue weighted by molar-refractivity contribution is 5.87. The molecule has 1 aromatic heterocycles. The highest BCUT2D eigenvalue weighted by Crippen LogP contribution is 2.09. The molecule has 1 rings (SSSR count). The second kappa shape index (κ2) is 6.83. The Morgan fingerprint density at radius 1 is 1.41 bits per heavy atom. The lowest BCUT2D eigenvalue weighted by molar-refractivity contribution is 0.0593. The molecule has 1 aromatic rings. The first-order valence-corrected chi connectivity index (χ1v) is 5.80. The van der Waals surface area contributed by atoms with Gasteiger partial charge in [-0.1, -0.05) is 19.8 Å². The summed E-state index contributed by atoms with van der Waals surface area (Å²) in [7, 11) is 3.28. The molecule has 0 saturated carbocycles. The fourth-order valence-corrected chi connectivity index (χ4v) is 1.46. The van der Waals surface area contributed by atoms with Crippen LogP contribution in [-0.4, -0.2) is 36.6 Å². The van der Waals surface area contributed by atoms with Crippen molar-refractivity contribution in [2.45, 2.75) is 26.2 Å². The third-order valence-corrected chi connectivity index (χ3v) is 2.50. The summed E-state index contributed by atoms with van der Waals surface area (Å²) in [5, 5.41) is 0. The van der Waals surface area contributed by atoms with E-state index >= 15 is 0 Å². The van der Waals surface area contributed by atoms with Crippen LogP contribution in [-0.2, 0) is 4.74 Å². The van der Waals surface area contributed by atoms with Crippen LogP contribution in [0.25, 0.3) is 0 Å². The van der Waals surface area contributed by atoms with E-state index in [0.717, 1.165) is 13.0 Å². The number of esters is 1. The smallest absolute Gasteiger partial charge is 0.358 e. The quantitative estimate of drug-likeness (QED) is 0.558. The van der Waals surface area contributed by atoms with Gasteiger partial charge in [0.15, 0.2) is 5.69 Å². The van der Waals surface area contributed by atoms with Gasteiger partial charge in [-0.25, -0.2) is 9.78 Å². The maximum absolute atomic E-state index is 11.3. The Hall–Kier alpha value is -1.65. The molecule has 5 nitrogen and oxygen atoms in total. The van der Waals surface area contributed by atoms with Gasteiger partial charge in [-0.3, -0.25) is 4.98 Å². The Balaban J connectivity index is 2.67. The highest BCUT2D eigenvalue weighted by Gasteiger charge is 2.10. The number of carbonyl (C=O) groups is 1. The molecule has 0 amide bonds. The monoisotopic (exact) mass is 237 g/mol. The van der Waals surface area contributed by atoms with Gasteiger partial charge in [0.05, 0.1) is 19.5 Å². The molecule has 0 radical (unpaired) electrons. The van der Waals surface area contributed by atoms with E-state index in [2.05, 4.69) is 21.6 Å². The van der Waals surface area contributed by atoms with E-state index in [0.29, 0.717) is 5.82 Å². The zero-order valence-corrected chi connectivity index (χ0v) is 10.6. The van der Waals surface area contributed by atoms with Crippen molar-refractivity contribution in [2.75, 3.05) is 25.6 Å². The molecule has 0 unspecified atom stereocenters. The average molecular weight is 237 g/mol. The number of unbranched alkanes of at least 4 members (excludes halogenated alkanes) is 2. The second-order valence-electron chi connectivity index (χ2n) is 3.88. The molecule has 0 saturated heterocycles. The van der Waals surface area contributed by atoms with Gasteiger partial charge in [0.2, 0.25) is 0 Å². The Morgan fingerprint density at radius 3 is 2.82 bits per heavy atom.